The fraction of sp³-hybridized carbons (Fsp3) is 0.417. The largest absolute Gasteiger partial charge is 0.481 e. The van der Waals surface area contributed by atoms with Gasteiger partial charge in [0, 0.05) is 6.20 Å². The second kappa shape index (κ2) is 5.64. The normalized spacial score (nSPS) is 13.8. The molecule has 20 heavy (non-hydrogen) atoms. The number of nitrogens with zero attached hydrogens (tertiary/aromatic N) is 5. The maximum absolute atomic E-state index is 11.1. The van der Waals surface area contributed by atoms with Crippen LogP contribution in [0.5, 0.6) is 5.88 Å². The van der Waals surface area contributed by atoms with Crippen molar-refractivity contribution in [3.05, 3.63) is 18.3 Å². The number of ether oxygens (including phenoxy) is 1. The number of aromatic nitrogens is 5. The molecule has 0 bridgehead atoms. The molecule has 0 aromatic carbocycles. The van der Waals surface area contributed by atoms with Gasteiger partial charge in [-0.3, -0.25) is 4.79 Å². The van der Waals surface area contributed by atoms with Gasteiger partial charge in [0.15, 0.2) is 5.82 Å². The van der Waals surface area contributed by atoms with Crippen LogP contribution < -0.4 is 4.74 Å². The van der Waals surface area contributed by atoms with Crippen molar-refractivity contribution >= 4 is 5.97 Å². The second-order valence-electron chi connectivity index (χ2n) is 4.37. The van der Waals surface area contributed by atoms with Gasteiger partial charge in [-0.2, -0.15) is 0 Å². The molecule has 2 aromatic rings. The summed E-state index contributed by atoms with van der Waals surface area (Å²) in [6, 6.07) is 3.11. The van der Waals surface area contributed by atoms with E-state index >= 15 is 0 Å². The molecule has 0 aliphatic carbocycles. The molecular weight excluding hydrogens is 262 g/mol. The van der Waals surface area contributed by atoms with Gasteiger partial charge in [0.2, 0.25) is 5.88 Å². The summed E-state index contributed by atoms with van der Waals surface area (Å²) in [5.41, 5.74) is 0.615. The lowest BCUT2D eigenvalue weighted by molar-refractivity contribution is -0.142. The average Bonchev–Trinajstić information content (AvgIpc) is 2.94. The maximum atomic E-state index is 11.1. The predicted octanol–water partition coefficient (Wildman–Crippen LogP) is 1.03. The van der Waals surface area contributed by atoms with Gasteiger partial charge in [0.05, 0.1) is 24.6 Å². The lowest BCUT2D eigenvalue weighted by Crippen LogP contribution is -2.23. The topological polar surface area (TPSA) is 103 Å². The van der Waals surface area contributed by atoms with E-state index in [1.807, 2.05) is 0 Å². The van der Waals surface area contributed by atoms with E-state index in [-0.39, 0.29) is 0 Å². The summed E-state index contributed by atoms with van der Waals surface area (Å²) in [5.74, 6) is -0.716. The van der Waals surface area contributed by atoms with Gasteiger partial charge in [-0.1, -0.05) is 0 Å². The summed E-state index contributed by atoms with van der Waals surface area (Å²) in [6.45, 7) is 3.36. The van der Waals surface area contributed by atoms with Crippen LogP contribution in [0, 0.1) is 5.92 Å². The summed E-state index contributed by atoms with van der Waals surface area (Å²) < 4.78 is 6.65. The molecule has 0 aliphatic heterocycles. The van der Waals surface area contributed by atoms with Crippen LogP contribution in [0.2, 0.25) is 0 Å². The molecule has 1 N–H and O–H groups in total. The van der Waals surface area contributed by atoms with Crippen molar-refractivity contribution in [1.82, 2.24) is 25.2 Å². The Morgan fingerprint density at radius 1 is 1.45 bits per heavy atom. The first-order valence-corrected chi connectivity index (χ1v) is 6.06. The highest BCUT2D eigenvalue weighted by molar-refractivity contribution is 5.70. The number of carboxylic acids is 1. The van der Waals surface area contributed by atoms with E-state index in [9.17, 15) is 4.79 Å². The fourth-order valence-corrected chi connectivity index (χ4v) is 1.79. The Labute approximate surface area is 115 Å². The van der Waals surface area contributed by atoms with E-state index < -0.39 is 17.9 Å². The summed E-state index contributed by atoms with van der Waals surface area (Å²) in [5, 5.41) is 20.5. The fourth-order valence-electron chi connectivity index (χ4n) is 1.79. The molecule has 2 atom stereocenters. The molecule has 8 nitrogen and oxygen atoms in total. The minimum Gasteiger partial charge on any atom is -0.481 e. The van der Waals surface area contributed by atoms with Crippen LogP contribution in [-0.2, 0) is 4.79 Å². The van der Waals surface area contributed by atoms with Crippen molar-refractivity contribution in [2.45, 2.75) is 19.9 Å². The zero-order chi connectivity index (χ0) is 14.7. The van der Waals surface area contributed by atoms with Gasteiger partial charge >= 0.3 is 5.97 Å². The number of rotatable bonds is 5. The maximum Gasteiger partial charge on any atom is 0.308 e. The third kappa shape index (κ3) is 2.44. The smallest absolute Gasteiger partial charge is 0.308 e. The summed E-state index contributed by atoms with van der Waals surface area (Å²) >= 11 is 0. The van der Waals surface area contributed by atoms with Gasteiger partial charge < -0.3 is 9.84 Å². The highest BCUT2D eigenvalue weighted by Gasteiger charge is 2.26. The van der Waals surface area contributed by atoms with Crippen molar-refractivity contribution in [3.63, 3.8) is 0 Å². The van der Waals surface area contributed by atoms with E-state index in [0.717, 1.165) is 0 Å². The first-order valence-electron chi connectivity index (χ1n) is 6.06. The first-order chi connectivity index (χ1) is 9.56. The van der Waals surface area contributed by atoms with E-state index in [2.05, 4.69) is 20.5 Å². The van der Waals surface area contributed by atoms with Gasteiger partial charge in [-0.05, 0) is 36.4 Å². The Bertz CT molecular complexity index is 613. The molecule has 0 fully saturated rings. The summed E-state index contributed by atoms with van der Waals surface area (Å²) in [6.07, 6.45) is 1.60. The Hall–Kier alpha value is -2.51. The molecule has 0 spiro atoms. The standard InChI is InChI=1S/C12H15N5O3/c1-7(12(18)19)8(2)17-10(14-15-16-17)9-5-4-6-13-11(9)20-3/h4-8H,1-3H3,(H,18,19). The van der Waals surface area contributed by atoms with Gasteiger partial charge in [-0.25, -0.2) is 9.67 Å². The molecule has 0 aliphatic rings. The van der Waals surface area contributed by atoms with E-state index in [1.165, 1.54) is 11.8 Å². The summed E-state index contributed by atoms with van der Waals surface area (Å²) in [4.78, 5) is 15.2. The minimum absolute atomic E-state index is 0.388. The molecule has 0 saturated heterocycles. The lowest BCUT2D eigenvalue weighted by atomic mass is 10.0. The van der Waals surface area contributed by atoms with Crippen molar-refractivity contribution in [3.8, 4) is 17.3 Å². The molecular formula is C12H15N5O3. The molecule has 2 rings (SSSR count). The van der Waals surface area contributed by atoms with Gasteiger partial charge in [0.1, 0.15) is 0 Å². The number of tetrazole rings is 1. The van der Waals surface area contributed by atoms with Crippen LogP contribution in [0.4, 0.5) is 0 Å². The van der Waals surface area contributed by atoms with Crippen molar-refractivity contribution in [1.29, 1.82) is 0 Å². The molecule has 2 aromatic heterocycles. The average molecular weight is 277 g/mol. The molecule has 2 unspecified atom stereocenters. The number of carbonyl (C=O) groups is 1. The minimum atomic E-state index is -0.905. The second-order valence-corrected chi connectivity index (χ2v) is 4.37. The Balaban J connectivity index is 2.45. The number of methoxy groups -OCH3 is 1. The van der Waals surface area contributed by atoms with Gasteiger partial charge in [0.25, 0.3) is 0 Å². The molecule has 0 saturated carbocycles. The quantitative estimate of drug-likeness (QED) is 0.870. The van der Waals surface area contributed by atoms with E-state index in [1.54, 1.807) is 32.2 Å². The van der Waals surface area contributed by atoms with Crippen LogP contribution in [0.25, 0.3) is 11.4 Å². The van der Waals surface area contributed by atoms with Crippen molar-refractivity contribution in [2.75, 3.05) is 7.11 Å². The number of carboxylic acid groups (broad SMARTS) is 1. The zero-order valence-corrected chi connectivity index (χ0v) is 11.4. The first kappa shape index (κ1) is 13.9. The molecule has 8 heteroatoms. The van der Waals surface area contributed by atoms with Crippen molar-refractivity contribution in [2.24, 2.45) is 5.92 Å². The van der Waals surface area contributed by atoms with Crippen LogP contribution in [-0.4, -0.2) is 43.4 Å². The number of pyridine rings is 1. The third-order valence-electron chi connectivity index (χ3n) is 3.20. The van der Waals surface area contributed by atoms with Crippen LogP contribution in [0.15, 0.2) is 18.3 Å². The van der Waals surface area contributed by atoms with Crippen LogP contribution >= 0.6 is 0 Å². The molecule has 0 radical (unpaired) electrons. The summed E-state index contributed by atoms with van der Waals surface area (Å²) in [7, 11) is 1.50. The number of hydrogen-bond acceptors (Lipinski definition) is 6. The van der Waals surface area contributed by atoms with Gasteiger partial charge in [-0.15, -0.1) is 5.10 Å². The SMILES string of the molecule is COc1ncccc1-c1nnnn1C(C)C(C)C(=O)O. The predicted molar refractivity (Wildman–Crippen MR) is 69.1 cm³/mol. The van der Waals surface area contributed by atoms with Crippen LogP contribution in [0.1, 0.15) is 19.9 Å². The molecule has 0 amide bonds. The van der Waals surface area contributed by atoms with Crippen LogP contribution in [0.3, 0.4) is 0 Å². The van der Waals surface area contributed by atoms with Crippen molar-refractivity contribution < 1.29 is 14.6 Å². The lowest BCUT2D eigenvalue weighted by Gasteiger charge is -2.17. The zero-order valence-electron chi connectivity index (χ0n) is 11.4. The highest BCUT2D eigenvalue weighted by atomic mass is 16.5. The Morgan fingerprint density at radius 3 is 2.85 bits per heavy atom. The van der Waals surface area contributed by atoms with E-state index in [4.69, 9.17) is 9.84 Å². The highest BCUT2D eigenvalue weighted by Crippen LogP contribution is 2.28. The Kier molecular flexibility index (Phi) is 3.92. The molecule has 2 heterocycles. The Morgan fingerprint density at radius 2 is 2.20 bits per heavy atom. The number of aliphatic carboxylic acids is 1. The monoisotopic (exact) mass is 277 g/mol. The molecule has 106 valence electrons. The van der Waals surface area contributed by atoms with E-state index in [0.29, 0.717) is 17.3 Å². The third-order valence-corrected chi connectivity index (χ3v) is 3.20. The number of hydrogen-bond donors (Lipinski definition) is 1.